The van der Waals surface area contributed by atoms with Gasteiger partial charge in [-0.15, -0.1) is 0 Å². The van der Waals surface area contributed by atoms with Crippen LogP contribution in [0.25, 0.3) is 0 Å². The van der Waals surface area contributed by atoms with Crippen LogP contribution in [0.1, 0.15) is 129 Å². The van der Waals surface area contributed by atoms with Gasteiger partial charge in [0.25, 0.3) is 0 Å². The van der Waals surface area contributed by atoms with E-state index in [2.05, 4.69) is 6.08 Å². The number of benzene rings is 3. The zero-order chi connectivity index (χ0) is 48.7. The van der Waals surface area contributed by atoms with Gasteiger partial charge >= 0.3 is 42.1 Å². The van der Waals surface area contributed by atoms with E-state index >= 15 is 0 Å². The molecule has 8 nitrogen and oxygen atoms in total. The second-order valence-electron chi connectivity index (χ2n) is 16.9. The SMILES string of the molecule is O=C(Oc1ccc(OC(=O)c2ccc(OCCCCCCCCC(F)(F)C(F)(F)F)cc2)c(COC(=O)C2CC3C=CC2C3)c1)c1ccc(OCCCCCCCCC(F)(F)C(F)(F)F)cc1. The largest absolute Gasteiger partial charge is 0.494 e. The summed E-state index contributed by atoms with van der Waals surface area (Å²) in [6, 6.07) is 16.6. The number of carbonyl (C=O) groups excluding carboxylic acids is 3. The van der Waals surface area contributed by atoms with Crippen molar-refractivity contribution in [2.75, 3.05) is 13.2 Å². The Balaban J connectivity index is 1.07. The third-order valence-electron chi connectivity index (χ3n) is 11.7. The van der Waals surface area contributed by atoms with Crippen LogP contribution < -0.4 is 18.9 Å². The fourth-order valence-electron chi connectivity index (χ4n) is 7.81. The smallest absolute Gasteiger partial charge is 0.453 e. The van der Waals surface area contributed by atoms with Crippen LogP contribution in [0.4, 0.5) is 43.9 Å². The van der Waals surface area contributed by atoms with Crippen molar-refractivity contribution in [1.29, 1.82) is 0 Å². The van der Waals surface area contributed by atoms with Gasteiger partial charge in [-0.1, -0.05) is 63.5 Å². The van der Waals surface area contributed by atoms with Crippen LogP contribution in [0.5, 0.6) is 23.0 Å². The molecule has 0 aromatic heterocycles. The van der Waals surface area contributed by atoms with E-state index in [0.717, 1.165) is 6.42 Å². The van der Waals surface area contributed by atoms with Crippen molar-refractivity contribution in [2.45, 2.75) is 134 Å². The lowest BCUT2D eigenvalue weighted by Gasteiger charge is -2.19. The second kappa shape index (κ2) is 24.1. The van der Waals surface area contributed by atoms with Gasteiger partial charge in [0.1, 0.15) is 29.6 Å². The Morgan fingerprint density at radius 3 is 1.40 bits per heavy atom. The van der Waals surface area contributed by atoms with Crippen molar-refractivity contribution in [3.05, 3.63) is 95.6 Å². The first-order chi connectivity index (χ1) is 31.7. The standard InChI is InChI=1S/C49H54F10O8/c50-46(51,48(54,55)56)25-9-5-1-3-7-11-27-63-38-19-15-34(16-20-38)43(60)66-40-23-24-42(37(31-40)32-65-45(62)41-30-33-13-14-36(41)29-33)67-44(61)35-17-21-39(22-18-35)64-28-12-8-4-2-6-10-26-47(52,53)49(57,58)59/h13-24,31,33,36,41H,1-12,25-30,32H2. The number of carbonyl (C=O) groups is 3. The first-order valence-electron chi connectivity index (χ1n) is 22.5. The van der Waals surface area contributed by atoms with E-state index in [4.69, 9.17) is 23.7 Å². The van der Waals surface area contributed by atoms with Crippen molar-refractivity contribution >= 4 is 17.9 Å². The average molecular weight is 961 g/mol. The minimum absolute atomic E-state index is 0.0620. The molecule has 2 aliphatic carbocycles. The van der Waals surface area contributed by atoms with Crippen LogP contribution >= 0.6 is 0 Å². The van der Waals surface area contributed by atoms with Gasteiger partial charge in [-0.2, -0.15) is 43.9 Å². The van der Waals surface area contributed by atoms with E-state index in [-0.39, 0.29) is 72.3 Å². The third-order valence-corrected chi connectivity index (χ3v) is 11.7. The normalized spacial score (nSPS) is 17.1. The maximum atomic E-state index is 13.3. The van der Waals surface area contributed by atoms with E-state index < -0.39 is 54.9 Å². The van der Waals surface area contributed by atoms with Crippen LogP contribution in [-0.4, -0.2) is 55.3 Å². The fraction of sp³-hybridized carbons (Fsp3) is 0.531. The van der Waals surface area contributed by atoms with Crippen molar-refractivity contribution < 1.29 is 82.0 Å². The molecule has 1 fully saturated rings. The molecule has 3 aromatic rings. The Morgan fingerprint density at radius 2 is 0.955 bits per heavy atom. The third kappa shape index (κ3) is 16.2. The zero-order valence-electron chi connectivity index (χ0n) is 36.7. The Labute approximate surface area is 382 Å². The molecule has 3 unspecified atom stereocenters. The number of fused-ring (bicyclic) bond motifs is 2. The topological polar surface area (TPSA) is 97.4 Å². The molecule has 5 rings (SSSR count). The highest BCUT2D eigenvalue weighted by atomic mass is 19.4. The molecule has 67 heavy (non-hydrogen) atoms. The quantitative estimate of drug-likeness (QED) is 0.0245. The Hall–Kier alpha value is -5.29. The molecule has 18 heteroatoms. The molecule has 0 amide bonds. The molecule has 0 radical (unpaired) electrons. The highest BCUT2D eigenvalue weighted by Crippen LogP contribution is 2.44. The van der Waals surface area contributed by atoms with Crippen LogP contribution in [0.2, 0.25) is 0 Å². The first-order valence-corrected chi connectivity index (χ1v) is 22.5. The summed E-state index contributed by atoms with van der Waals surface area (Å²) in [7, 11) is 0. The van der Waals surface area contributed by atoms with Gasteiger partial charge in [0, 0.05) is 18.4 Å². The number of ether oxygens (including phenoxy) is 5. The van der Waals surface area contributed by atoms with E-state index in [9.17, 15) is 58.3 Å². The van der Waals surface area contributed by atoms with Gasteiger partial charge in [0.15, 0.2) is 0 Å². The van der Waals surface area contributed by atoms with Crippen molar-refractivity contribution in [3.8, 4) is 23.0 Å². The number of esters is 3. The molecule has 0 aliphatic heterocycles. The monoisotopic (exact) mass is 960 g/mol. The Bertz CT molecular complexity index is 2080. The van der Waals surface area contributed by atoms with Gasteiger partial charge in [-0.3, -0.25) is 4.79 Å². The highest BCUT2D eigenvalue weighted by molar-refractivity contribution is 5.92. The number of alkyl halides is 10. The fourth-order valence-corrected chi connectivity index (χ4v) is 7.81. The highest BCUT2D eigenvalue weighted by Gasteiger charge is 2.57. The van der Waals surface area contributed by atoms with E-state index in [1.165, 1.54) is 42.5 Å². The lowest BCUT2D eigenvalue weighted by Crippen LogP contribution is -2.36. The minimum Gasteiger partial charge on any atom is -0.494 e. The molecule has 0 heterocycles. The molecule has 0 saturated heterocycles. The average Bonchev–Trinajstić information content (AvgIpc) is 3.92. The Kier molecular flexibility index (Phi) is 19.0. The second-order valence-corrected chi connectivity index (χ2v) is 16.9. The van der Waals surface area contributed by atoms with Gasteiger partial charge in [0.2, 0.25) is 0 Å². The maximum Gasteiger partial charge on any atom is 0.453 e. The summed E-state index contributed by atoms with van der Waals surface area (Å²) in [6.07, 6.45) is -2.78. The van der Waals surface area contributed by atoms with Crippen LogP contribution in [-0.2, 0) is 16.1 Å². The van der Waals surface area contributed by atoms with Gasteiger partial charge in [-0.25, -0.2) is 9.59 Å². The van der Waals surface area contributed by atoms with Crippen LogP contribution in [0, 0.1) is 17.8 Å². The number of unbranched alkanes of at least 4 members (excludes halogenated alkanes) is 10. The Morgan fingerprint density at radius 1 is 0.507 bits per heavy atom. The number of rotatable bonds is 27. The summed E-state index contributed by atoms with van der Waals surface area (Å²) in [6.45, 7) is 0.361. The van der Waals surface area contributed by atoms with Crippen LogP contribution in [0.3, 0.4) is 0 Å². The summed E-state index contributed by atoms with van der Waals surface area (Å²) < 4.78 is 154. The summed E-state index contributed by atoms with van der Waals surface area (Å²) in [5.74, 6) is -9.98. The van der Waals surface area contributed by atoms with Crippen LogP contribution in [0.15, 0.2) is 78.9 Å². The number of halogens is 10. The number of hydrogen-bond donors (Lipinski definition) is 0. The predicted octanol–water partition coefficient (Wildman–Crippen LogP) is 14.0. The molecule has 3 atom stereocenters. The maximum absolute atomic E-state index is 13.3. The van der Waals surface area contributed by atoms with Gasteiger partial charge in [-0.05, 0) is 117 Å². The van der Waals surface area contributed by atoms with Gasteiger partial charge < -0.3 is 23.7 Å². The summed E-state index contributed by atoms with van der Waals surface area (Å²) in [5.41, 5.74) is 0.629. The van der Waals surface area contributed by atoms with Crippen molar-refractivity contribution in [3.63, 3.8) is 0 Å². The van der Waals surface area contributed by atoms with Crippen molar-refractivity contribution in [1.82, 2.24) is 0 Å². The molecule has 3 aromatic carbocycles. The molecule has 368 valence electrons. The molecular weight excluding hydrogens is 907 g/mol. The molecule has 0 N–H and O–H groups in total. The first kappa shape index (κ1) is 52.7. The summed E-state index contributed by atoms with van der Waals surface area (Å²) in [5, 5.41) is 0. The predicted molar refractivity (Wildman–Crippen MR) is 226 cm³/mol. The number of allylic oxidation sites excluding steroid dienone is 2. The number of hydrogen-bond acceptors (Lipinski definition) is 8. The lowest BCUT2D eigenvalue weighted by molar-refractivity contribution is -0.284. The van der Waals surface area contributed by atoms with E-state index in [0.29, 0.717) is 88.4 Å². The molecule has 2 bridgehead atoms. The summed E-state index contributed by atoms with van der Waals surface area (Å²) >= 11 is 0. The summed E-state index contributed by atoms with van der Waals surface area (Å²) in [4.78, 5) is 39.5. The molecule has 1 saturated carbocycles. The van der Waals surface area contributed by atoms with E-state index in [1.54, 1.807) is 24.3 Å². The molecule has 0 spiro atoms. The van der Waals surface area contributed by atoms with E-state index in [1.807, 2.05) is 6.08 Å². The van der Waals surface area contributed by atoms with Crippen molar-refractivity contribution in [2.24, 2.45) is 17.8 Å². The lowest BCUT2D eigenvalue weighted by atomic mass is 9.94. The van der Waals surface area contributed by atoms with Gasteiger partial charge in [0.05, 0.1) is 30.3 Å². The zero-order valence-corrected chi connectivity index (χ0v) is 36.7. The molecule has 2 aliphatic rings. The molecular formula is C49H54F10O8. The minimum atomic E-state index is -5.54.